The van der Waals surface area contributed by atoms with E-state index in [1.54, 1.807) is 7.11 Å². The summed E-state index contributed by atoms with van der Waals surface area (Å²) in [4.78, 5) is 7.13. The highest BCUT2D eigenvalue weighted by molar-refractivity contribution is 5.66. The number of hydrogen-bond donors (Lipinski definition) is 1. The van der Waals surface area contributed by atoms with Gasteiger partial charge in [0.1, 0.15) is 29.6 Å². The van der Waals surface area contributed by atoms with E-state index >= 15 is 0 Å². The molecule has 1 N–H and O–H groups in total. The van der Waals surface area contributed by atoms with E-state index < -0.39 is 0 Å². The molecule has 0 aliphatic carbocycles. The van der Waals surface area contributed by atoms with Crippen molar-refractivity contribution in [2.45, 2.75) is 12.8 Å². The topological polar surface area (TPSA) is 73.2 Å². The zero-order chi connectivity index (χ0) is 26.4. The van der Waals surface area contributed by atoms with Crippen LogP contribution in [0.1, 0.15) is 12.8 Å². The van der Waals surface area contributed by atoms with E-state index in [0.717, 1.165) is 52.1 Å². The van der Waals surface area contributed by atoms with Crippen LogP contribution in [0, 0.1) is 0 Å². The lowest BCUT2D eigenvalue weighted by Crippen LogP contribution is -2.25. The van der Waals surface area contributed by atoms with Crippen LogP contribution in [0.15, 0.2) is 91.0 Å². The second kappa shape index (κ2) is 11.4. The molecular formula is C31H31N5O3. The monoisotopic (exact) mass is 521 g/mol. The Morgan fingerprint density at radius 3 is 2.33 bits per heavy atom. The molecule has 3 aromatic carbocycles. The fourth-order valence-corrected chi connectivity index (χ4v) is 4.74. The minimum absolute atomic E-state index is 0.524. The summed E-state index contributed by atoms with van der Waals surface area (Å²) in [5.41, 5.74) is 3.53. The molecule has 2 aromatic heterocycles. The summed E-state index contributed by atoms with van der Waals surface area (Å²) < 4.78 is 19.1. The number of benzene rings is 3. The maximum absolute atomic E-state index is 6.07. The number of nitrogens with one attached hydrogen (secondary N) is 1. The van der Waals surface area contributed by atoms with Gasteiger partial charge in [-0.3, -0.25) is 4.90 Å². The molecule has 5 aromatic rings. The van der Waals surface area contributed by atoms with Gasteiger partial charge in [-0.15, -0.1) is 5.10 Å². The predicted octanol–water partition coefficient (Wildman–Crippen LogP) is 6.42. The molecule has 0 saturated carbocycles. The second-order valence-corrected chi connectivity index (χ2v) is 9.47. The highest BCUT2D eigenvalue weighted by Gasteiger charge is 2.12. The van der Waals surface area contributed by atoms with Crippen LogP contribution in [0.2, 0.25) is 0 Å². The summed E-state index contributed by atoms with van der Waals surface area (Å²) in [6.45, 7) is 4.05. The fraction of sp³-hybridized carbons (Fsp3) is 0.226. The van der Waals surface area contributed by atoms with Gasteiger partial charge >= 0.3 is 0 Å². The molecule has 0 spiro atoms. The molecule has 6 rings (SSSR count). The molecule has 1 aliphatic heterocycles. The highest BCUT2D eigenvalue weighted by Crippen LogP contribution is 2.29. The van der Waals surface area contributed by atoms with Gasteiger partial charge in [0, 0.05) is 17.8 Å². The SMILES string of the molecule is COc1ccc(Oc2cccc(-c3cccc4nc(Nc5ccc(OCCN6CCCC6)cc5)nn34)c2)cc1. The summed E-state index contributed by atoms with van der Waals surface area (Å²) in [5, 5.41) is 8.05. The van der Waals surface area contributed by atoms with Crippen LogP contribution < -0.4 is 19.5 Å². The quantitative estimate of drug-likeness (QED) is 0.227. The Labute approximate surface area is 227 Å². The molecule has 39 heavy (non-hydrogen) atoms. The Balaban J connectivity index is 1.14. The van der Waals surface area contributed by atoms with Gasteiger partial charge in [0.05, 0.1) is 12.8 Å². The fourth-order valence-electron chi connectivity index (χ4n) is 4.74. The first-order valence-corrected chi connectivity index (χ1v) is 13.2. The largest absolute Gasteiger partial charge is 0.497 e. The van der Waals surface area contributed by atoms with E-state index in [1.807, 2.05) is 95.5 Å². The van der Waals surface area contributed by atoms with E-state index in [0.29, 0.717) is 12.6 Å². The Morgan fingerprint density at radius 1 is 0.795 bits per heavy atom. The Kier molecular flexibility index (Phi) is 7.27. The number of aromatic nitrogens is 3. The van der Waals surface area contributed by atoms with Crippen molar-refractivity contribution in [2.75, 3.05) is 38.7 Å². The Hall–Kier alpha value is -4.56. The van der Waals surface area contributed by atoms with E-state index in [-0.39, 0.29) is 0 Å². The molecule has 3 heterocycles. The second-order valence-electron chi connectivity index (χ2n) is 9.47. The number of fused-ring (bicyclic) bond motifs is 1. The lowest BCUT2D eigenvalue weighted by Gasteiger charge is -2.15. The first-order valence-electron chi connectivity index (χ1n) is 13.2. The summed E-state index contributed by atoms with van der Waals surface area (Å²) in [6, 6.07) is 29.3. The third kappa shape index (κ3) is 5.97. The van der Waals surface area contributed by atoms with Crippen LogP contribution in [0.25, 0.3) is 16.9 Å². The van der Waals surface area contributed by atoms with Gasteiger partial charge in [-0.2, -0.15) is 4.98 Å². The molecule has 0 atom stereocenters. The summed E-state index contributed by atoms with van der Waals surface area (Å²) in [7, 11) is 1.65. The maximum Gasteiger partial charge on any atom is 0.247 e. The van der Waals surface area contributed by atoms with Crippen molar-refractivity contribution in [3.05, 3.63) is 91.0 Å². The number of anilines is 2. The Bertz CT molecular complexity index is 1530. The van der Waals surface area contributed by atoms with Gasteiger partial charge in [-0.25, -0.2) is 4.52 Å². The molecule has 1 fully saturated rings. The zero-order valence-electron chi connectivity index (χ0n) is 21.9. The number of rotatable bonds is 10. The number of nitrogens with zero attached hydrogens (tertiary/aromatic N) is 4. The molecule has 8 heteroatoms. The van der Waals surface area contributed by atoms with Gasteiger partial charge < -0.3 is 19.5 Å². The lowest BCUT2D eigenvalue weighted by molar-refractivity contribution is 0.238. The minimum Gasteiger partial charge on any atom is -0.497 e. The summed E-state index contributed by atoms with van der Waals surface area (Å²) >= 11 is 0. The maximum atomic E-state index is 6.07. The van der Waals surface area contributed by atoms with Crippen molar-refractivity contribution in [1.82, 2.24) is 19.5 Å². The molecule has 198 valence electrons. The average Bonchev–Trinajstić information content (AvgIpc) is 3.64. The van der Waals surface area contributed by atoms with E-state index in [2.05, 4.69) is 15.2 Å². The summed E-state index contributed by atoms with van der Waals surface area (Å²) in [6.07, 6.45) is 2.59. The average molecular weight is 522 g/mol. The van der Waals surface area contributed by atoms with E-state index in [9.17, 15) is 0 Å². The van der Waals surface area contributed by atoms with Gasteiger partial charge in [0.25, 0.3) is 0 Å². The van der Waals surface area contributed by atoms with Crippen molar-refractivity contribution in [3.8, 4) is 34.3 Å². The normalized spacial score (nSPS) is 13.5. The van der Waals surface area contributed by atoms with Gasteiger partial charge in [-0.05, 0) is 98.7 Å². The third-order valence-electron chi connectivity index (χ3n) is 6.77. The predicted molar refractivity (Wildman–Crippen MR) is 152 cm³/mol. The molecule has 8 nitrogen and oxygen atoms in total. The molecule has 0 radical (unpaired) electrons. The summed E-state index contributed by atoms with van der Waals surface area (Å²) in [5.74, 6) is 3.64. The van der Waals surface area contributed by atoms with Crippen molar-refractivity contribution >= 4 is 17.3 Å². The number of methoxy groups -OCH3 is 1. The molecule has 0 bridgehead atoms. The van der Waals surface area contributed by atoms with Gasteiger partial charge in [0.2, 0.25) is 5.95 Å². The standard InChI is InChI=1S/C31H31N5O3/c1-37-25-14-16-27(17-15-25)39-28-7-4-6-23(22-28)29-8-5-9-30-33-31(34-36(29)30)32-24-10-12-26(13-11-24)38-21-20-35-18-2-3-19-35/h4-17,22H,2-3,18-21H2,1H3,(H,32,34). The molecule has 0 amide bonds. The van der Waals surface area contributed by atoms with Crippen LogP contribution >= 0.6 is 0 Å². The third-order valence-corrected chi connectivity index (χ3v) is 6.77. The highest BCUT2D eigenvalue weighted by atomic mass is 16.5. The molecule has 1 saturated heterocycles. The van der Waals surface area contributed by atoms with Crippen LogP contribution in [0.4, 0.5) is 11.6 Å². The van der Waals surface area contributed by atoms with Crippen molar-refractivity contribution in [2.24, 2.45) is 0 Å². The van der Waals surface area contributed by atoms with Gasteiger partial charge in [-0.1, -0.05) is 18.2 Å². The van der Waals surface area contributed by atoms with Crippen molar-refractivity contribution in [1.29, 1.82) is 0 Å². The lowest BCUT2D eigenvalue weighted by atomic mass is 10.1. The van der Waals surface area contributed by atoms with Crippen molar-refractivity contribution < 1.29 is 14.2 Å². The molecule has 1 aliphatic rings. The molecular weight excluding hydrogens is 490 g/mol. The number of likely N-dealkylation sites (tertiary alicyclic amines) is 1. The minimum atomic E-state index is 0.524. The number of ether oxygens (including phenoxy) is 3. The van der Waals surface area contributed by atoms with Crippen LogP contribution in [-0.2, 0) is 0 Å². The smallest absolute Gasteiger partial charge is 0.247 e. The molecule has 0 unspecified atom stereocenters. The zero-order valence-corrected chi connectivity index (χ0v) is 21.9. The van der Waals surface area contributed by atoms with Crippen molar-refractivity contribution in [3.63, 3.8) is 0 Å². The first kappa shape index (κ1) is 24.8. The van der Waals surface area contributed by atoms with E-state index in [4.69, 9.17) is 19.3 Å². The number of pyridine rings is 1. The van der Waals surface area contributed by atoms with E-state index in [1.165, 1.54) is 25.9 Å². The van der Waals surface area contributed by atoms with Crippen LogP contribution in [-0.4, -0.2) is 52.8 Å². The van der Waals surface area contributed by atoms with Gasteiger partial charge in [0.15, 0.2) is 5.65 Å². The van der Waals surface area contributed by atoms with Crippen LogP contribution in [0.3, 0.4) is 0 Å². The van der Waals surface area contributed by atoms with Crippen LogP contribution in [0.5, 0.6) is 23.0 Å². The Morgan fingerprint density at radius 2 is 1.54 bits per heavy atom. The number of hydrogen-bond acceptors (Lipinski definition) is 7. The first-order chi connectivity index (χ1) is 19.2.